The van der Waals surface area contributed by atoms with Crippen molar-refractivity contribution in [3.8, 4) is 6.07 Å². The molecule has 112 valence electrons. The summed E-state index contributed by atoms with van der Waals surface area (Å²) in [5.74, 6) is 0.722. The van der Waals surface area contributed by atoms with E-state index in [2.05, 4.69) is 15.3 Å². The SMILES string of the molecule is CC(C)(C)OC(=O)N1CC[C@@H](Nc2ccnc(C#N)n2)C1. The molecule has 0 bridgehead atoms. The molecule has 1 amide bonds. The molecule has 0 radical (unpaired) electrons. The van der Waals surface area contributed by atoms with Gasteiger partial charge < -0.3 is 15.0 Å². The van der Waals surface area contributed by atoms with E-state index >= 15 is 0 Å². The number of rotatable bonds is 2. The van der Waals surface area contributed by atoms with Crippen molar-refractivity contribution in [1.82, 2.24) is 14.9 Å². The average molecular weight is 289 g/mol. The van der Waals surface area contributed by atoms with Gasteiger partial charge in [0, 0.05) is 25.3 Å². The van der Waals surface area contributed by atoms with Crippen LogP contribution in [0.15, 0.2) is 12.3 Å². The van der Waals surface area contributed by atoms with Gasteiger partial charge in [0.25, 0.3) is 0 Å². The van der Waals surface area contributed by atoms with Crippen molar-refractivity contribution in [2.45, 2.75) is 38.8 Å². The molecule has 0 saturated carbocycles. The van der Waals surface area contributed by atoms with Crippen LogP contribution in [0.2, 0.25) is 0 Å². The summed E-state index contributed by atoms with van der Waals surface area (Å²) in [4.78, 5) is 21.5. The maximum absolute atomic E-state index is 12.0. The first-order chi connectivity index (χ1) is 9.87. The van der Waals surface area contributed by atoms with E-state index in [0.29, 0.717) is 18.9 Å². The summed E-state index contributed by atoms with van der Waals surface area (Å²) >= 11 is 0. The van der Waals surface area contributed by atoms with E-state index in [4.69, 9.17) is 10.00 Å². The number of hydrogen-bond donors (Lipinski definition) is 1. The van der Waals surface area contributed by atoms with Crippen LogP contribution >= 0.6 is 0 Å². The summed E-state index contributed by atoms with van der Waals surface area (Å²) in [6.07, 6.45) is 2.05. The molecule has 1 aliphatic heterocycles. The topological polar surface area (TPSA) is 91.1 Å². The van der Waals surface area contributed by atoms with Crippen LogP contribution in [0, 0.1) is 11.3 Å². The zero-order chi connectivity index (χ0) is 15.5. The maximum Gasteiger partial charge on any atom is 0.410 e. The fourth-order valence-electron chi connectivity index (χ4n) is 2.07. The Kier molecular flexibility index (Phi) is 4.26. The van der Waals surface area contributed by atoms with Gasteiger partial charge >= 0.3 is 6.09 Å². The van der Waals surface area contributed by atoms with Crippen LogP contribution in [0.1, 0.15) is 33.0 Å². The molecule has 1 saturated heterocycles. The predicted molar refractivity (Wildman–Crippen MR) is 76.6 cm³/mol. The minimum atomic E-state index is -0.489. The van der Waals surface area contributed by atoms with E-state index < -0.39 is 5.60 Å². The zero-order valence-corrected chi connectivity index (χ0v) is 12.5. The highest BCUT2D eigenvalue weighted by molar-refractivity contribution is 5.68. The van der Waals surface area contributed by atoms with E-state index in [1.165, 1.54) is 6.20 Å². The predicted octanol–water partition coefficient (Wildman–Crippen LogP) is 1.77. The summed E-state index contributed by atoms with van der Waals surface area (Å²) in [7, 11) is 0. The van der Waals surface area contributed by atoms with Gasteiger partial charge in [-0.05, 0) is 33.3 Å². The van der Waals surface area contributed by atoms with Crippen molar-refractivity contribution < 1.29 is 9.53 Å². The van der Waals surface area contributed by atoms with Crippen LogP contribution in [0.3, 0.4) is 0 Å². The molecule has 7 heteroatoms. The number of carbonyl (C=O) groups is 1. The van der Waals surface area contributed by atoms with Crippen molar-refractivity contribution in [2.75, 3.05) is 18.4 Å². The van der Waals surface area contributed by atoms with Crippen LogP contribution in [-0.4, -0.2) is 45.7 Å². The molecule has 0 aliphatic carbocycles. The minimum Gasteiger partial charge on any atom is -0.444 e. The Morgan fingerprint density at radius 2 is 2.33 bits per heavy atom. The Morgan fingerprint density at radius 1 is 1.57 bits per heavy atom. The highest BCUT2D eigenvalue weighted by Gasteiger charge is 2.29. The molecule has 0 aromatic carbocycles. The number of hydrogen-bond acceptors (Lipinski definition) is 6. The number of nitrogens with one attached hydrogen (secondary N) is 1. The van der Waals surface area contributed by atoms with Gasteiger partial charge in [0.15, 0.2) is 0 Å². The Bertz CT molecular complexity index is 561. The molecular weight excluding hydrogens is 270 g/mol. The fourth-order valence-corrected chi connectivity index (χ4v) is 2.07. The number of anilines is 1. The molecular formula is C14H19N5O2. The second-order valence-corrected chi connectivity index (χ2v) is 5.93. The standard InChI is InChI=1S/C14H19N5O2/c1-14(2,3)21-13(20)19-7-5-10(9-19)17-11-4-6-16-12(8-15)18-11/h4,6,10H,5,7,9H2,1-3H3,(H,16,17,18)/t10-/m1/s1. The van der Waals surface area contributed by atoms with Crippen molar-refractivity contribution in [1.29, 1.82) is 5.26 Å². The van der Waals surface area contributed by atoms with Gasteiger partial charge in [-0.25, -0.2) is 14.8 Å². The molecule has 1 fully saturated rings. The lowest BCUT2D eigenvalue weighted by atomic mass is 10.2. The molecule has 0 unspecified atom stereocenters. The Balaban J connectivity index is 1.91. The molecule has 2 rings (SSSR count). The second kappa shape index (κ2) is 5.95. The number of ether oxygens (including phenoxy) is 1. The number of likely N-dealkylation sites (tertiary alicyclic amines) is 1. The Morgan fingerprint density at radius 3 is 3.00 bits per heavy atom. The summed E-state index contributed by atoms with van der Waals surface area (Å²) in [6, 6.07) is 3.70. The van der Waals surface area contributed by atoms with E-state index in [-0.39, 0.29) is 18.0 Å². The lowest BCUT2D eigenvalue weighted by molar-refractivity contribution is 0.0293. The molecule has 1 aliphatic rings. The van der Waals surface area contributed by atoms with Crippen LogP contribution < -0.4 is 5.32 Å². The quantitative estimate of drug-likeness (QED) is 0.892. The number of nitriles is 1. The van der Waals surface area contributed by atoms with Gasteiger partial charge in [0.05, 0.1) is 0 Å². The first-order valence-corrected chi connectivity index (χ1v) is 6.85. The highest BCUT2D eigenvalue weighted by Crippen LogP contribution is 2.17. The lowest BCUT2D eigenvalue weighted by Crippen LogP contribution is -2.36. The smallest absolute Gasteiger partial charge is 0.410 e. The van der Waals surface area contributed by atoms with Crippen molar-refractivity contribution in [2.24, 2.45) is 0 Å². The number of amides is 1. The van der Waals surface area contributed by atoms with Crippen molar-refractivity contribution in [3.05, 3.63) is 18.1 Å². The Hall–Kier alpha value is -2.36. The molecule has 0 spiro atoms. The van der Waals surface area contributed by atoms with E-state index in [1.807, 2.05) is 26.8 Å². The molecule has 1 aromatic heterocycles. The molecule has 1 aromatic rings. The molecule has 2 heterocycles. The lowest BCUT2D eigenvalue weighted by Gasteiger charge is -2.24. The fraction of sp³-hybridized carbons (Fsp3) is 0.571. The van der Waals surface area contributed by atoms with Crippen LogP contribution in [0.25, 0.3) is 0 Å². The summed E-state index contributed by atoms with van der Waals surface area (Å²) in [5.41, 5.74) is -0.489. The second-order valence-electron chi connectivity index (χ2n) is 5.93. The third-order valence-electron chi connectivity index (χ3n) is 2.95. The van der Waals surface area contributed by atoms with Gasteiger partial charge in [0.1, 0.15) is 17.5 Å². The van der Waals surface area contributed by atoms with Gasteiger partial charge in [-0.15, -0.1) is 0 Å². The summed E-state index contributed by atoms with van der Waals surface area (Å²) < 4.78 is 5.35. The van der Waals surface area contributed by atoms with Crippen LogP contribution in [0.5, 0.6) is 0 Å². The largest absolute Gasteiger partial charge is 0.444 e. The number of aromatic nitrogens is 2. The number of nitrogens with zero attached hydrogens (tertiary/aromatic N) is 4. The van der Waals surface area contributed by atoms with Crippen LogP contribution in [0.4, 0.5) is 10.6 Å². The van der Waals surface area contributed by atoms with E-state index in [1.54, 1.807) is 11.0 Å². The van der Waals surface area contributed by atoms with Crippen LogP contribution in [-0.2, 0) is 4.74 Å². The first-order valence-electron chi connectivity index (χ1n) is 6.85. The van der Waals surface area contributed by atoms with Crippen molar-refractivity contribution in [3.63, 3.8) is 0 Å². The summed E-state index contributed by atoms with van der Waals surface area (Å²) in [5, 5.41) is 12.0. The molecule has 21 heavy (non-hydrogen) atoms. The van der Waals surface area contributed by atoms with Gasteiger partial charge in [-0.3, -0.25) is 0 Å². The first kappa shape index (κ1) is 15.0. The highest BCUT2D eigenvalue weighted by atomic mass is 16.6. The monoisotopic (exact) mass is 289 g/mol. The minimum absolute atomic E-state index is 0.0963. The van der Waals surface area contributed by atoms with Crippen molar-refractivity contribution >= 4 is 11.9 Å². The average Bonchev–Trinajstić information content (AvgIpc) is 2.85. The third-order valence-corrected chi connectivity index (χ3v) is 2.95. The molecule has 7 nitrogen and oxygen atoms in total. The molecule has 1 N–H and O–H groups in total. The maximum atomic E-state index is 12.0. The third kappa shape index (κ3) is 4.31. The van der Waals surface area contributed by atoms with Gasteiger partial charge in [-0.2, -0.15) is 5.26 Å². The van der Waals surface area contributed by atoms with Gasteiger partial charge in [-0.1, -0.05) is 0 Å². The van der Waals surface area contributed by atoms with E-state index in [9.17, 15) is 4.79 Å². The van der Waals surface area contributed by atoms with E-state index in [0.717, 1.165) is 6.42 Å². The normalized spacial score (nSPS) is 18.2. The zero-order valence-electron chi connectivity index (χ0n) is 12.5. The Labute approximate surface area is 123 Å². The van der Waals surface area contributed by atoms with Gasteiger partial charge in [0.2, 0.25) is 5.82 Å². The number of carbonyl (C=O) groups excluding carboxylic acids is 1. The summed E-state index contributed by atoms with van der Waals surface area (Å²) in [6.45, 7) is 6.74. The molecule has 1 atom stereocenters.